The monoisotopic (exact) mass is 172 g/mol. The van der Waals surface area contributed by atoms with Crippen LogP contribution in [0, 0.1) is 5.92 Å². The molecular formula is C8H12O4. The molecule has 1 rings (SSSR count). The molecule has 1 saturated carbocycles. The van der Waals surface area contributed by atoms with E-state index >= 15 is 0 Å². The van der Waals surface area contributed by atoms with Gasteiger partial charge in [-0.25, -0.2) is 0 Å². The number of rotatable bonds is 3. The van der Waals surface area contributed by atoms with Gasteiger partial charge >= 0.3 is 11.9 Å². The second-order valence-electron chi connectivity index (χ2n) is 2.97. The van der Waals surface area contributed by atoms with E-state index in [2.05, 4.69) is 0 Å². The maximum atomic E-state index is 10.7. The number of aliphatic carboxylic acids is 1. The minimum absolute atomic E-state index is 0.154. The standard InChI is InChI=1S/C8H12O4/c1-2-7(9)12-6-3-5(4-6)8(10)11/h5-6H,2-4H2,1H3,(H,10,11)/t5-,6-. The third kappa shape index (κ3) is 1.96. The molecule has 0 heterocycles. The Morgan fingerprint density at radius 3 is 2.50 bits per heavy atom. The molecule has 4 heteroatoms. The third-order valence-corrected chi connectivity index (χ3v) is 2.03. The van der Waals surface area contributed by atoms with Gasteiger partial charge in [0.2, 0.25) is 0 Å². The highest BCUT2D eigenvalue weighted by Crippen LogP contribution is 2.30. The molecule has 4 nitrogen and oxygen atoms in total. The second kappa shape index (κ2) is 3.56. The number of hydrogen-bond donors (Lipinski definition) is 1. The van der Waals surface area contributed by atoms with Gasteiger partial charge in [-0.1, -0.05) is 6.92 Å². The van der Waals surface area contributed by atoms with Crippen LogP contribution in [-0.4, -0.2) is 23.1 Å². The Hall–Kier alpha value is -1.06. The number of carbonyl (C=O) groups is 2. The van der Waals surface area contributed by atoms with E-state index < -0.39 is 5.97 Å². The van der Waals surface area contributed by atoms with Crippen molar-refractivity contribution in [3.05, 3.63) is 0 Å². The van der Waals surface area contributed by atoms with Crippen molar-refractivity contribution >= 4 is 11.9 Å². The third-order valence-electron chi connectivity index (χ3n) is 2.03. The summed E-state index contributed by atoms with van der Waals surface area (Å²) in [6.07, 6.45) is 1.15. The number of carbonyl (C=O) groups excluding carboxylic acids is 1. The van der Waals surface area contributed by atoms with Crippen LogP contribution in [0.4, 0.5) is 0 Å². The lowest BCUT2D eigenvalue weighted by Gasteiger charge is -2.31. The minimum Gasteiger partial charge on any atom is -0.481 e. The predicted molar refractivity (Wildman–Crippen MR) is 40.5 cm³/mol. The Morgan fingerprint density at radius 2 is 2.08 bits per heavy atom. The van der Waals surface area contributed by atoms with Crippen LogP contribution in [0.2, 0.25) is 0 Å². The molecule has 0 atom stereocenters. The summed E-state index contributed by atoms with van der Waals surface area (Å²) in [6, 6.07) is 0. The van der Waals surface area contributed by atoms with Gasteiger partial charge in [0.1, 0.15) is 6.10 Å². The summed E-state index contributed by atoms with van der Waals surface area (Å²) >= 11 is 0. The summed E-state index contributed by atoms with van der Waals surface area (Å²) < 4.78 is 4.91. The van der Waals surface area contributed by atoms with Gasteiger partial charge in [0.05, 0.1) is 5.92 Å². The zero-order valence-electron chi connectivity index (χ0n) is 6.95. The fraction of sp³-hybridized carbons (Fsp3) is 0.750. The van der Waals surface area contributed by atoms with Gasteiger partial charge in [0, 0.05) is 6.42 Å². The van der Waals surface area contributed by atoms with E-state index in [4.69, 9.17) is 9.84 Å². The number of carboxylic acid groups (broad SMARTS) is 1. The molecule has 0 bridgehead atoms. The van der Waals surface area contributed by atoms with Crippen LogP contribution >= 0.6 is 0 Å². The van der Waals surface area contributed by atoms with Gasteiger partial charge in [-0.15, -0.1) is 0 Å². The molecule has 1 aliphatic carbocycles. The largest absolute Gasteiger partial charge is 0.481 e. The van der Waals surface area contributed by atoms with Gasteiger partial charge in [0.25, 0.3) is 0 Å². The Labute approximate surface area is 70.5 Å². The first-order valence-corrected chi connectivity index (χ1v) is 4.05. The molecule has 0 unspecified atom stereocenters. The van der Waals surface area contributed by atoms with Crippen molar-refractivity contribution in [2.75, 3.05) is 0 Å². The molecule has 0 aliphatic heterocycles. The van der Waals surface area contributed by atoms with Crippen LogP contribution in [0.25, 0.3) is 0 Å². The van der Waals surface area contributed by atoms with E-state index in [1.165, 1.54) is 0 Å². The molecule has 0 saturated heterocycles. The van der Waals surface area contributed by atoms with Crippen molar-refractivity contribution in [3.8, 4) is 0 Å². The molecule has 12 heavy (non-hydrogen) atoms. The first kappa shape index (κ1) is 9.03. The first-order chi connectivity index (χ1) is 5.63. The predicted octanol–water partition coefficient (Wildman–Crippen LogP) is 0.803. The quantitative estimate of drug-likeness (QED) is 0.639. The van der Waals surface area contributed by atoms with Gasteiger partial charge in [0.15, 0.2) is 0 Å². The highest BCUT2D eigenvalue weighted by molar-refractivity contribution is 5.72. The van der Waals surface area contributed by atoms with Gasteiger partial charge in [-0.2, -0.15) is 0 Å². The molecule has 0 radical (unpaired) electrons. The fourth-order valence-corrected chi connectivity index (χ4v) is 1.13. The van der Waals surface area contributed by atoms with Crippen molar-refractivity contribution in [1.82, 2.24) is 0 Å². The van der Waals surface area contributed by atoms with Crippen LogP contribution in [0.3, 0.4) is 0 Å². The van der Waals surface area contributed by atoms with Gasteiger partial charge < -0.3 is 9.84 Å². The first-order valence-electron chi connectivity index (χ1n) is 4.05. The number of carboxylic acids is 1. The van der Waals surface area contributed by atoms with E-state index in [0.717, 1.165) is 0 Å². The van der Waals surface area contributed by atoms with Crippen LogP contribution in [0.1, 0.15) is 26.2 Å². The second-order valence-corrected chi connectivity index (χ2v) is 2.97. The lowest BCUT2D eigenvalue weighted by atomic mass is 9.82. The lowest BCUT2D eigenvalue weighted by molar-refractivity contribution is -0.163. The average Bonchev–Trinajstić information content (AvgIpc) is 1.94. The maximum absolute atomic E-state index is 10.7. The molecule has 68 valence electrons. The number of hydrogen-bond acceptors (Lipinski definition) is 3. The summed E-state index contributed by atoms with van der Waals surface area (Å²) in [7, 11) is 0. The summed E-state index contributed by atoms with van der Waals surface area (Å²) in [5, 5.41) is 8.50. The van der Waals surface area contributed by atoms with E-state index in [0.29, 0.717) is 19.3 Å². The van der Waals surface area contributed by atoms with Crippen LogP contribution in [0.5, 0.6) is 0 Å². The van der Waals surface area contributed by atoms with Gasteiger partial charge in [-0.05, 0) is 12.8 Å². The average molecular weight is 172 g/mol. The van der Waals surface area contributed by atoms with E-state index in [1.54, 1.807) is 6.92 Å². The molecule has 0 aromatic rings. The van der Waals surface area contributed by atoms with Crippen molar-refractivity contribution in [3.63, 3.8) is 0 Å². The van der Waals surface area contributed by atoms with Crippen LogP contribution in [-0.2, 0) is 14.3 Å². The summed E-state index contributed by atoms with van der Waals surface area (Å²) in [4.78, 5) is 21.1. The zero-order valence-corrected chi connectivity index (χ0v) is 6.95. The lowest BCUT2D eigenvalue weighted by Crippen LogP contribution is -2.37. The maximum Gasteiger partial charge on any atom is 0.306 e. The van der Waals surface area contributed by atoms with E-state index in [9.17, 15) is 9.59 Å². The SMILES string of the molecule is CCC(=O)O[C@H]1C[C@H](C(=O)O)C1. The number of ether oxygens (including phenoxy) is 1. The summed E-state index contributed by atoms with van der Waals surface area (Å²) in [5.74, 6) is -1.35. The molecule has 0 amide bonds. The zero-order chi connectivity index (χ0) is 9.14. The molecule has 1 N–H and O–H groups in total. The van der Waals surface area contributed by atoms with Crippen molar-refractivity contribution in [2.24, 2.45) is 5.92 Å². The smallest absolute Gasteiger partial charge is 0.306 e. The summed E-state index contributed by atoms with van der Waals surface area (Å²) in [5.41, 5.74) is 0. The van der Waals surface area contributed by atoms with Gasteiger partial charge in [-0.3, -0.25) is 9.59 Å². The normalized spacial score (nSPS) is 27.4. The Morgan fingerprint density at radius 1 is 1.50 bits per heavy atom. The molecule has 0 aromatic carbocycles. The van der Waals surface area contributed by atoms with Crippen molar-refractivity contribution in [1.29, 1.82) is 0 Å². The highest BCUT2D eigenvalue weighted by Gasteiger charge is 2.36. The highest BCUT2D eigenvalue weighted by atomic mass is 16.5. The molecule has 0 spiro atoms. The Kier molecular flexibility index (Phi) is 2.68. The van der Waals surface area contributed by atoms with Crippen molar-refractivity contribution < 1.29 is 19.4 Å². The minimum atomic E-state index is -0.793. The Balaban J connectivity index is 2.17. The van der Waals surface area contributed by atoms with E-state index in [1.807, 2.05) is 0 Å². The van der Waals surface area contributed by atoms with Crippen LogP contribution in [0.15, 0.2) is 0 Å². The van der Waals surface area contributed by atoms with E-state index in [-0.39, 0.29) is 18.0 Å². The molecule has 1 aliphatic rings. The molecular weight excluding hydrogens is 160 g/mol. The van der Waals surface area contributed by atoms with Crippen molar-refractivity contribution in [2.45, 2.75) is 32.3 Å². The fourth-order valence-electron chi connectivity index (χ4n) is 1.13. The van der Waals surface area contributed by atoms with Crippen LogP contribution < -0.4 is 0 Å². The Bertz CT molecular complexity index is 193. The number of esters is 1. The summed E-state index contributed by atoms with van der Waals surface area (Å²) in [6.45, 7) is 1.72. The molecule has 0 aromatic heterocycles. The molecule has 1 fully saturated rings. The topological polar surface area (TPSA) is 63.6 Å².